The number of carbonyl (C=O) groups is 1. The fraction of sp³-hybridized carbons (Fsp3) is 0.0833. The van der Waals surface area contributed by atoms with Crippen LogP contribution < -0.4 is 0 Å². The highest BCUT2D eigenvalue weighted by atomic mass is 19.1. The van der Waals surface area contributed by atoms with Gasteiger partial charge in [0.2, 0.25) is 0 Å². The minimum Gasteiger partial charge on any atom is -0.341 e. The number of carbonyl (C=O) groups excluding carboxylic acids is 1. The third-order valence-corrected chi connectivity index (χ3v) is 2.33. The van der Waals surface area contributed by atoms with E-state index in [-0.39, 0.29) is 12.1 Å². The van der Waals surface area contributed by atoms with E-state index in [0.29, 0.717) is 12.0 Å². The molecule has 0 aliphatic heterocycles. The molecule has 0 fully saturated rings. The van der Waals surface area contributed by atoms with Crippen molar-refractivity contribution >= 4 is 6.29 Å². The lowest BCUT2D eigenvalue weighted by atomic mass is 10.2. The maximum atomic E-state index is 13.3. The molecule has 0 bridgehead atoms. The van der Waals surface area contributed by atoms with Gasteiger partial charge in [-0.15, -0.1) is 0 Å². The summed E-state index contributed by atoms with van der Waals surface area (Å²) in [5.74, 6) is -0.969. The van der Waals surface area contributed by atoms with Gasteiger partial charge in [-0.25, -0.2) is 8.78 Å². The molecule has 2 rings (SSSR count). The Labute approximate surface area is 91.1 Å². The Morgan fingerprint density at radius 2 is 2.06 bits per heavy atom. The van der Waals surface area contributed by atoms with Gasteiger partial charge in [-0.05, 0) is 30.3 Å². The molecule has 1 heterocycles. The predicted octanol–water partition coefficient (Wildman–Crippen LogP) is 2.63. The van der Waals surface area contributed by atoms with Crippen molar-refractivity contribution < 1.29 is 13.6 Å². The average Bonchev–Trinajstić information content (AvgIpc) is 2.71. The quantitative estimate of drug-likeness (QED) is 0.730. The van der Waals surface area contributed by atoms with Gasteiger partial charge in [-0.3, -0.25) is 4.79 Å². The Morgan fingerprint density at radius 3 is 2.81 bits per heavy atom. The summed E-state index contributed by atoms with van der Waals surface area (Å²) in [4.78, 5) is 10.6. The summed E-state index contributed by atoms with van der Waals surface area (Å²) in [5, 5.41) is 0. The van der Waals surface area contributed by atoms with Crippen LogP contribution in [0.4, 0.5) is 8.78 Å². The van der Waals surface area contributed by atoms with E-state index in [2.05, 4.69) is 0 Å². The maximum Gasteiger partial charge on any atom is 0.166 e. The highest BCUT2D eigenvalue weighted by molar-refractivity contribution is 5.72. The number of aldehydes is 1. The first-order chi connectivity index (χ1) is 7.70. The summed E-state index contributed by atoms with van der Waals surface area (Å²) < 4.78 is 27.8. The standard InChI is InChI=1S/C12H9F2NO/c13-10-3-4-12(14)9(6-10)7-15-5-1-2-11(15)8-16/h1-6,8H,7H2. The first-order valence-corrected chi connectivity index (χ1v) is 4.75. The molecule has 82 valence electrons. The summed E-state index contributed by atoms with van der Waals surface area (Å²) in [5.41, 5.74) is 0.656. The van der Waals surface area contributed by atoms with Gasteiger partial charge in [0.05, 0.1) is 12.2 Å². The van der Waals surface area contributed by atoms with Crippen molar-refractivity contribution in [1.82, 2.24) is 4.57 Å². The molecule has 0 atom stereocenters. The molecule has 0 amide bonds. The second kappa shape index (κ2) is 4.26. The van der Waals surface area contributed by atoms with Crippen LogP contribution in [0.3, 0.4) is 0 Å². The van der Waals surface area contributed by atoms with Gasteiger partial charge < -0.3 is 4.57 Å². The van der Waals surface area contributed by atoms with Crippen LogP contribution >= 0.6 is 0 Å². The van der Waals surface area contributed by atoms with E-state index in [0.717, 1.165) is 18.2 Å². The van der Waals surface area contributed by atoms with Gasteiger partial charge >= 0.3 is 0 Å². The largest absolute Gasteiger partial charge is 0.341 e. The number of halogens is 2. The number of aromatic nitrogens is 1. The summed E-state index contributed by atoms with van der Waals surface area (Å²) in [6.07, 6.45) is 2.32. The molecule has 2 nitrogen and oxygen atoms in total. The zero-order chi connectivity index (χ0) is 11.5. The molecule has 0 saturated carbocycles. The van der Waals surface area contributed by atoms with E-state index in [9.17, 15) is 13.6 Å². The van der Waals surface area contributed by atoms with Crippen molar-refractivity contribution in [3.8, 4) is 0 Å². The number of rotatable bonds is 3. The van der Waals surface area contributed by atoms with Gasteiger partial charge in [0.25, 0.3) is 0 Å². The summed E-state index contributed by atoms with van der Waals surface area (Å²) in [7, 11) is 0. The number of benzene rings is 1. The molecule has 0 aliphatic rings. The maximum absolute atomic E-state index is 13.3. The van der Waals surface area contributed by atoms with Crippen LogP contribution in [0.5, 0.6) is 0 Å². The van der Waals surface area contributed by atoms with Crippen LogP contribution in [0.1, 0.15) is 16.1 Å². The number of hydrogen-bond donors (Lipinski definition) is 0. The third-order valence-electron chi connectivity index (χ3n) is 2.33. The van der Waals surface area contributed by atoms with Crippen LogP contribution in [-0.2, 0) is 6.54 Å². The lowest BCUT2D eigenvalue weighted by Gasteiger charge is -2.06. The van der Waals surface area contributed by atoms with E-state index in [1.165, 1.54) is 0 Å². The Morgan fingerprint density at radius 1 is 1.25 bits per heavy atom. The summed E-state index contributed by atoms with van der Waals surface area (Å²) >= 11 is 0. The Balaban J connectivity index is 2.33. The minimum atomic E-state index is -0.490. The summed E-state index contributed by atoms with van der Waals surface area (Å²) in [6.45, 7) is 0.144. The molecule has 0 radical (unpaired) electrons. The average molecular weight is 221 g/mol. The van der Waals surface area contributed by atoms with Crippen molar-refractivity contribution in [3.05, 3.63) is 59.4 Å². The molecule has 0 aliphatic carbocycles. The molecule has 0 saturated heterocycles. The fourth-order valence-electron chi connectivity index (χ4n) is 1.53. The van der Waals surface area contributed by atoms with Crippen LogP contribution in [0.2, 0.25) is 0 Å². The van der Waals surface area contributed by atoms with Gasteiger partial charge in [-0.1, -0.05) is 0 Å². The van der Waals surface area contributed by atoms with Crippen LogP contribution in [0.25, 0.3) is 0 Å². The van der Waals surface area contributed by atoms with Crippen LogP contribution in [0.15, 0.2) is 36.5 Å². The molecular formula is C12H9F2NO. The van der Waals surface area contributed by atoms with E-state index in [4.69, 9.17) is 0 Å². The van der Waals surface area contributed by atoms with Crippen molar-refractivity contribution in [2.24, 2.45) is 0 Å². The Hall–Kier alpha value is -1.97. The number of hydrogen-bond acceptors (Lipinski definition) is 1. The molecule has 1 aromatic carbocycles. The first-order valence-electron chi connectivity index (χ1n) is 4.75. The van der Waals surface area contributed by atoms with Gasteiger partial charge in [0.15, 0.2) is 6.29 Å². The Kier molecular flexibility index (Phi) is 2.81. The molecule has 2 aromatic rings. The summed E-state index contributed by atoms with van der Waals surface area (Å²) in [6, 6.07) is 6.57. The zero-order valence-electron chi connectivity index (χ0n) is 8.36. The minimum absolute atomic E-state index is 0.144. The fourth-order valence-corrected chi connectivity index (χ4v) is 1.53. The normalized spacial score (nSPS) is 10.4. The van der Waals surface area contributed by atoms with E-state index in [1.807, 2.05) is 0 Å². The van der Waals surface area contributed by atoms with Crippen molar-refractivity contribution in [2.75, 3.05) is 0 Å². The van der Waals surface area contributed by atoms with Crippen molar-refractivity contribution in [3.63, 3.8) is 0 Å². The molecule has 4 heteroatoms. The number of nitrogens with zero attached hydrogens (tertiary/aromatic N) is 1. The highest BCUT2D eigenvalue weighted by Gasteiger charge is 2.06. The van der Waals surface area contributed by atoms with Crippen LogP contribution in [0, 0.1) is 11.6 Å². The Bertz CT molecular complexity index is 519. The molecule has 0 unspecified atom stereocenters. The lowest BCUT2D eigenvalue weighted by Crippen LogP contribution is -2.04. The second-order valence-corrected chi connectivity index (χ2v) is 3.41. The molecule has 0 N–H and O–H groups in total. The molecule has 16 heavy (non-hydrogen) atoms. The van der Waals surface area contributed by atoms with E-state index >= 15 is 0 Å². The lowest BCUT2D eigenvalue weighted by molar-refractivity contribution is 0.111. The van der Waals surface area contributed by atoms with E-state index < -0.39 is 11.6 Å². The van der Waals surface area contributed by atoms with Crippen LogP contribution in [-0.4, -0.2) is 10.9 Å². The molecular weight excluding hydrogens is 212 g/mol. The topological polar surface area (TPSA) is 22.0 Å². The van der Waals surface area contributed by atoms with Crippen molar-refractivity contribution in [2.45, 2.75) is 6.54 Å². The second-order valence-electron chi connectivity index (χ2n) is 3.41. The van der Waals surface area contributed by atoms with Crippen molar-refractivity contribution in [1.29, 1.82) is 0 Å². The highest BCUT2D eigenvalue weighted by Crippen LogP contribution is 2.12. The SMILES string of the molecule is O=Cc1cccn1Cc1cc(F)ccc1F. The first kappa shape index (κ1) is 10.5. The smallest absolute Gasteiger partial charge is 0.166 e. The predicted molar refractivity (Wildman–Crippen MR) is 55.3 cm³/mol. The molecule has 1 aromatic heterocycles. The van der Waals surface area contributed by atoms with Gasteiger partial charge in [-0.2, -0.15) is 0 Å². The zero-order valence-corrected chi connectivity index (χ0v) is 8.36. The third kappa shape index (κ3) is 2.00. The van der Waals surface area contributed by atoms with Gasteiger partial charge in [0, 0.05) is 11.8 Å². The van der Waals surface area contributed by atoms with Gasteiger partial charge in [0.1, 0.15) is 11.6 Å². The van der Waals surface area contributed by atoms with E-state index in [1.54, 1.807) is 22.9 Å². The molecule has 0 spiro atoms. The monoisotopic (exact) mass is 221 g/mol.